The summed E-state index contributed by atoms with van der Waals surface area (Å²) in [7, 11) is 0. The van der Waals surface area contributed by atoms with Crippen LogP contribution in [-0.2, 0) is 9.53 Å². The summed E-state index contributed by atoms with van der Waals surface area (Å²) >= 11 is 0. The number of hydrogen-bond donors (Lipinski definition) is 1. The van der Waals surface area contributed by atoms with E-state index in [0.717, 1.165) is 6.42 Å². The van der Waals surface area contributed by atoms with E-state index >= 15 is 0 Å². The van der Waals surface area contributed by atoms with Crippen LogP contribution < -0.4 is 5.73 Å². The maximum Gasteiger partial charge on any atom is 0.405 e. The Kier molecular flexibility index (Phi) is 3.49. The molecular weight excluding hydrogens is 170 g/mol. The molecule has 1 unspecified atom stereocenters. The smallest absolute Gasteiger partial charge is 0.405 e. The Hall–Kier alpha value is -1.32. The van der Waals surface area contributed by atoms with Gasteiger partial charge in [-0.3, -0.25) is 4.79 Å². The maximum absolute atomic E-state index is 11.0. The molecule has 4 nitrogen and oxygen atoms in total. The number of carbonyl (C=O) groups excluding carboxylic acids is 2. The summed E-state index contributed by atoms with van der Waals surface area (Å²) in [5, 5.41) is 0. The molecule has 0 saturated carbocycles. The monoisotopic (exact) mass is 183 g/mol. The highest BCUT2D eigenvalue weighted by molar-refractivity contribution is 5.79. The van der Waals surface area contributed by atoms with Crippen LogP contribution in [0.2, 0.25) is 0 Å². The number of allylic oxidation sites excluding steroid dienone is 1. The second kappa shape index (κ2) is 4.64. The Balaban J connectivity index is 2.47. The fourth-order valence-electron chi connectivity index (χ4n) is 1.30. The van der Waals surface area contributed by atoms with E-state index in [1.165, 1.54) is 0 Å². The fraction of sp³-hybridized carbons (Fsp3) is 0.556. The first-order valence-electron chi connectivity index (χ1n) is 4.33. The van der Waals surface area contributed by atoms with Crippen LogP contribution in [0.4, 0.5) is 4.79 Å². The van der Waals surface area contributed by atoms with E-state index in [2.05, 4.69) is 0 Å². The first-order valence-corrected chi connectivity index (χ1v) is 4.33. The van der Waals surface area contributed by atoms with E-state index in [-0.39, 0.29) is 11.9 Å². The molecule has 0 aromatic rings. The van der Waals surface area contributed by atoms with Crippen molar-refractivity contribution in [3.05, 3.63) is 12.2 Å². The van der Waals surface area contributed by atoms with E-state index < -0.39 is 6.09 Å². The first kappa shape index (κ1) is 9.77. The molecule has 0 spiro atoms. The van der Waals surface area contributed by atoms with E-state index in [1.54, 1.807) is 12.2 Å². The van der Waals surface area contributed by atoms with Gasteiger partial charge in [-0.2, -0.15) is 0 Å². The molecule has 0 aromatic heterocycles. The summed E-state index contributed by atoms with van der Waals surface area (Å²) in [5.74, 6) is 0.230. The average Bonchev–Trinajstić information content (AvgIpc) is 1.99. The third kappa shape index (κ3) is 3.73. The van der Waals surface area contributed by atoms with E-state index in [4.69, 9.17) is 10.5 Å². The summed E-state index contributed by atoms with van der Waals surface area (Å²) in [6.07, 6.45) is 4.84. The molecule has 72 valence electrons. The van der Waals surface area contributed by atoms with Gasteiger partial charge < -0.3 is 10.5 Å². The number of ether oxygens (including phenoxy) is 1. The Bertz CT molecular complexity index is 235. The topological polar surface area (TPSA) is 69.4 Å². The zero-order valence-electron chi connectivity index (χ0n) is 7.36. The van der Waals surface area contributed by atoms with Crippen molar-refractivity contribution in [1.82, 2.24) is 0 Å². The van der Waals surface area contributed by atoms with Crippen molar-refractivity contribution in [1.29, 1.82) is 0 Å². The number of Topliss-reactive ketones (excluding diaryl/α,β-unsaturated/α-hetero) is 1. The highest BCUT2D eigenvalue weighted by atomic mass is 16.6. The fourth-order valence-corrected chi connectivity index (χ4v) is 1.30. The predicted molar refractivity (Wildman–Crippen MR) is 47.1 cm³/mol. The molecule has 2 N–H and O–H groups in total. The number of ketones is 1. The van der Waals surface area contributed by atoms with Crippen LogP contribution in [0.1, 0.15) is 25.7 Å². The van der Waals surface area contributed by atoms with Gasteiger partial charge in [0.25, 0.3) is 0 Å². The van der Waals surface area contributed by atoms with E-state index in [9.17, 15) is 9.59 Å². The SMILES string of the molecule is NC(=O)OC1C=CCC(=O)CCC1. The summed E-state index contributed by atoms with van der Waals surface area (Å²) in [6, 6.07) is 0. The van der Waals surface area contributed by atoms with Crippen molar-refractivity contribution in [3.8, 4) is 0 Å². The summed E-state index contributed by atoms with van der Waals surface area (Å²) in [4.78, 5) is 21.4. The quantitative estimate of drug-likeness (QED) is 0.620. The summed E-state index contributed by atoms with van der Waals surface area (Å²) in [5.41, 5.74) is 4.88. The molecule has 0 aliphatic heterocycles. The van der Waals surface area contributed by atoms with Crippen molar-refractivity contribution in [2.75, 3.05) is 0 Å². The van der Waals surface area contributed by atoms with Gasteiger partial charge in [-0.05, 0) is 18.9 Å². The van der Waals surface area contributed by atoms with Crippen LogP contribution in [0.25, 0.3) is 0 Å². The van der Waals surface area contributed by atoms with Crippen LogP contribution >= 0.6 is 0 Å². The second-order valence-electron chi connectivity index (χ2n) is 3.04. The minimum absolute atomic E-state index is 0.230. The van der Waals surface area contributed by atoms with E-state index in [0.29, 0.717) is 19.3 Å². The zero-order chi connectivity index (χ0) is 9.68. The summed E-state index contributed by atoms with van der Waals surface area (Å²) in [6.45, 7) is 0. The molecule has 1 aliphatic rings. The number of amides is 1. The molecule has 0 heterocycles. The third-order valence-electron chi connectivity index (χ3n) is 1.91. The highest BCUT2D eigenvalue weighted by Crippen LogP contribution is 2.11. The number of primary amides is 1. The molecule has 1 aliphatic carbocycles. The van der Waals surface area contributed by atoms with Gasteiger partial charge in [0.1, 0.15) is 11.9 Å². The Morgan fingerprint density at radius 1 is 1.62 bits per heavy atom. The molecule has 0 radical (unpaired) electrons. The lowest BCUT2D eigenvalue weighted by atomic mass is 10.0. The minimum Gasteiger partial charge on any atom is -0.442 e. The van der Waals surface area contributed by atoms with Gasteiger partial charge in [0.05, 0.1) is 0 Å². The van der Waals surface area contributed by atoms with E-state index in [1.807, 2.05) is 0 Å². The molecule has 1 atom stereocenters. The van der Waals surface area contributed by atoms with Gasteiger partial charge in [-0.1, -0.05) is 6.08 Å². The van der Waals surface area contributed by atoms with Crippen LogP contribution in [0.15, 0.2) is 12.2 Å². The lowest BCUT2D eigenvalue weighted by Gasteiger charge is -2.13. The van der Waals surface area contributed by atoms with Gasteiger partial charge >= 0.3 is 6.09 Å². The summed E-state index contributed by atoms with van der Waals surface area (Å²) < 4.78 is 4.80. The number of rotatable bonds is 1. The van der Waals surface area contributed by atoms with Crippen LogP contribution in [0.5, 0.6) is 0 Å². The molecule has 0 fully saturated rings. The lowest BCUT2D eigenvalue weighted by molar-refractivity contribution is -0.118. The standard InChI is InChI=1S/C9H13NO3/c10-9(12)13-8-5-1-3-7(11)4-2-6-8/h1,5,8H,2-4,6H2,(H2,10,12). The maximum atomic E-state index is 11.0. The first-order chi connectivity index (χ1) is 6.18. The molecule has 1 rings (SSSR count). The molecular formula is C9H13NO3. The Labute approximate surface area is 76.7 Å². The zero-order valence-corrected chi connectivity index (χ0v) is 7.36. The molecule has 4 heteroatoms. The predicted octanol–water partition coefficient (Wildman–Crippen LogP) is 1.15. The van der Waals surface area contributed by atoms with Crippen molar-refractivity contribution in [2.24, 2.45) is 5.73 Å². The Morgan fingerprint density at radius 3 is 3.08 bits per heavy atom. The largest absolute Gasteiger partial charge is 0.442 e. The second-order valence-corrected chi connectivity index (χ2v) is 3.04. The van der Waals surface area contributed by atoms with Gasteiger partial charge in [-0.25, -0.2) is 4.79 Å². The highest BCUT2D eigenvalue weighted by Gasteiger charge is 2.12. The minimum atomic E-state index is -0.762. The molecule has 0 aromatic carbocycles. The van der Waals surface area contributed by atoms with Crippen LogP contribution in [0.3, 0.4) is 0 Å². The van der Waals surface area contributed by atoms with Crippen LogP contribution in [-0.4, -0.2) is 18.0 Å². The number of nitrogens with two attached hydrogens (primary N) is 1. The van der Waals surface area contributed by atoms with Gasteiger partial charge in [-0.15, -0.1) is 0 Å². The normalized spacial score (nSPS) is 23.4. The van der Waals surface area contributed by atoms with Gasteiger partial charge in [0.15, 0.2) is 0 Å². The lowest BCUT2D eigenvalue weighted by Crippen LogP contribution is -2.22. The van der Waals surface area contributed by atoms with Crippen molar-refractivity contribution in [3.63, 3.8) is 0 Å². The number of hydrogen-bond acceptors (Lipinski definition) is 3. The molecule has 1 amide bonds. The molecule has 13 heavy (non-hydrogen) atoms. The molecule has 0 bridgehead atoms. The third-order valence-corrected chi connectivity index (χ3v) is 1.91. The van der Waals surface area contributed by atoms with Crippen molar-refractivity contribution < 1.29 is 14.3 Å². The number of carbonyl (C=O) groups is 2. The van der Waals surface area contributed by atoms with Crippen LogP contribution in [0, 0.1) is 0 Å². The van der Waals surface area contributed by atoms with Gasteiger partial charge in [0.2, 0.25) is 0 Å². The Morgan fingerprint density at radius 2 is 2.38 bits per heavy atom. The van der Waals surface area contributed by atoms with Crippen molar-refractivity contribution >= 4 is 11.9 Å². The molecule has 0 saturated heterocycles. The van der Waals surface area contributed by atoms with Gasteiger partial charge in [0, 0.05) is 12.8 Å². The van der Waals surface area contributed by atoms with Crippen molar-refractivity contribution in [2.45, 2.75) is 31.8 Å². The average molecular weight is 183 g/mol.